The molecule has 18 heteroatoms. The third kappa shape index (κ3) is 17.7. The first-order valence-electron chi connectivity index (χ1n) is 21.6. The second-order valence-electron chi connectivity index (χ2n) is 14.7. The van der Waals surface area contributed by atoms with Crippen molar-refractivity contribution in [1.29, 1.82) is 0 Å². The van der Waals surface area contributed by atoms with E-state index in [1.165, 1.54) is 55.4 Å². The van der Waals surface area contributed by atoms with Crippen molar-refractivity contribution in [3.63, 3.8) is 0 Å². The first kappa shape index (κ1) is 54.8. The maximum Gasteiger partial charge on any atom is 2.00 e. The zero-order valence-corrected chi connectivity index (χ0v) is 41.0. The number of halogens is 3. The van der Waals surface area contributed by atoms with Crippen LogP contribution in [0.25, 0.3) is 50.7 Å². The summed E-state index contributed by atoms with van der Waals surface area (Å²) in [5.74, 6) is 7.96. The molecule has 0 amide bonds. The quantitative estimate of drug-likeness (QED) is 0.0188. The first-order chi connectivity index (χ1) is 33.1. The molecule has 0 radical (unpaired) electrons. The number of nitrogens with zero attached hydrogens (tertiary/aromatic N) is 7. The fourth-order valence-corrected chi connectivity index (χ4v) is 7.30. The van der Waals surface area contributed by atoms with Crippen LogP contribution in [0.15, 0.2) is 109 Å². The Morgan fingerprint density at radius 3 is 1.99 bits per heavy atom. The number of benzene rings is 1. The Labute approximate surface area is 420 Å². The predicted octanol–water partition coefficient (Wildman–Crippen LogP) is 12.3. The van der Waals surface area contributed by atoms with E-state index in [-0.39, 0.29) is 30.9 Å². The molecule has 0 atom stereocenters. The molecule has 0 spiro atoms. The van der Waals surface area contributed by atoms with Crippen molar-refractivity contribution >= 4 is 41.7 Å². The number of hydrogen-bond donors (Lipinski definition) is 0. The van der Waals surface area contributed by atoms with Gasteiger partial charge in [0, 0.05) is 48.0 Å². The number of alkyl halides is 3. The van der Waals surface area contributed by atoms with Crippen molar-refractivity contribution < 1.29 is 56.4 Å². The second-order valence-corrected chi connectivity index (χ2v) is 15.8. The molecule has 0 N–H and O–H groups in total. The van der Waals surface area contributed by atoms with E-state index >= 15 is 0 Å². The van der Waals surface area contributed by atoms with Crippen LogP contribution in [-0.2, 0) is 41.7 Å². The van der Waals surface area contributed by atoms with E-state index < -0.39 is 11.9 Å². The molecule has 356 valence electrons. The molecule has 0 saturated carbocycles. The summed E-state index contributed by atoms with van der Waals surface area (Å²) in [4.78, 5) is 40.4. The molecule has 69 heavy (non-hydrogen) atoms. The van der Waals surface area contributed by atoms with E-state index in [9.17, 15) is 22.8 Å². The van der Waals surface area contributed by atoms with Gasteiger partial charge in [0.05, 0.1) is 34.3 Å². The van der Waals surface area contributed by atoms with Crippen molar-refractivity contribution in [2.45, 2.75) is 77.8 Å². The van der Waals surface area contributed by atoms with Gasteiger partial charge >= 0.3 is 25.7 Å². The van der Waals surface area contributed by atoms with Gasteiger partial charge in [0.1, 0.15) is 22.9 Å². The maximum atomic E-state index is 12.7. The molecule has 0 aliphatic carbocycles. The molecule has 7 aromatic rings. The number of carbonyl (C=O) groups is 2. The van der Waals surface area contributed by atoms with Gasteiger partial charge in [0.2, 0.25) is 0 Å². The van der Waals surface area contributed by atoms with Crippen LogP contribution in [0.5, 0.6) is 17.2 Å². The minimum Gasteiger partial charge on any atom is -0.753 e. The van der Waals surface area contributed by atoms with Crippen LogP contribution in [0.4, 0.5) is 13.2 Å². The first-order valence-corrected chi connectivity index (χ1v) is 22.9. The van der Waals surface area contributed by atoms with E-state index in [0.29, 0.717) is 53.8 Å². The van der Waals surface area contributed by atoms with Crippen LogP contribution in [0.2, 0.25) is 0 Å². The number of thiophene rings is 1. The van der Waals surface area contributed by atoms with Crippen LogP contribution < -0.4 is 19.3 Å². The zero-order chi connectivity index (χ0) is 48.6. The minimum absolute atomic E-state index is 0. The molecule has 12 nitrogen and oxygen atoms in total. The fourth-order valence-electron chi connectivity index (χ4n) is 6.50. The van der Waals surface area contributed by atoms with Crippen molar-refractivity contribution in [3.05, 3.63) is 136 Å². The normalized spacial score (nSPS) is 10.3. The van der Waals surface area contributed by atoms with Gasteiger partial charge in [0.15, 0.2) is 0 Å². The molecule has 6 heterocycles. The average molecular weight is 1060 g/mol. The molecule has 0 aliphatic rings. The van der Waals surface area contributed by atoms with Gasteiger partial charge in [0.25, 0.3) is 12.9 Å². The third-order valence-electron chi connectivity index (χ3n) is 9.86. The number of ether oxygens (including phenoxy) is 3. The number of thiocarbonyl (C=S) groups is 1. The SMILES string of the molecule is CCCCCCOc1ccc(-c2ccnc(-c3cc(C(F)(F)F)n[n-]3)c2)cc1.CCCCCCc1ccsc1C#Cc1ccnc(-c2cc(OC=O)cc(-c3cc(OC=O)ccn3)n2)c1.[N-]=C=S.[Ru+2]. The van der Waals surface area contributed by atoms with Gasteiger partial charge in [-0.2, -0.15) is 18.3 Å². The molecule has 7 rings (SSSR count). The minimum atomic E-state index is -4.52. The second kappa shape index (κ2) is 29.2. The standard InChI is InChI=1S/C29H25N3O4S.C21H21F3N3O.CNS.Ru/c1-2-3-4-5-6-22-11-14-37-29(22)8-7-21-9-12-30-25(15-21)27-17-24(36-20-34)18-28(32-27)26-16-23(35-19-33)10-13-31-26;1-2-3-4-5-12-28-17-8-6-15(7-9-17)16-10-11-25-18(13-16)19-14-20(27-26-19)21(22,23)24;2-1-3;/h9-20H,2-6H2,1H3;6-11,13-14H,2-5,12H2,1H3;;/q;2*-1;+2. The number of carbonyl (C=O) groups excluding carboxylic acids is 2. The Kier molecular flexibility index (Phi) is 23.2. The summed E-state index contributed by atoms with van der Waals surface area (Å²) < 4.78 is 53.9. The van der Waals surface area contributed by atoms with Gasteiger partial charge in [-0.15, -0.1) is 11.3 Å². The van der Waals surface area contributed by atoms with Crippen LogP contribution in [-0.4, -0.2) is 49.7 Å². The summed E-state index contributed by atoms with van der Waals surface area (Å²) in [6.45, 7) is 5.76. The smallest absolute Gasteiger partial charge is 0.753 e. The number of pyridine rings is 4. The molecular weight excluding hydrogens is 1010 g/mol. The number of hydrogen-bond acceptors (Lipinski definition) is 12. The maximum absolute atomic E-state index is 12.7. The molecule has 6 aromatic heterocycles. The molecule has 0 fully saturated rings. The summed E-state index contributed by atoms with van der Waals surface area (Å²) in [5.41, 5.74) is 5.17. The Morgan fingerprint density at radius 2 is 1.32 bits per heavy atom. The number of unbranched alkanes of at least 4 members (excludes halogenated alkanes) is 6. The van der Waals surface area contributed by atoms with Gasteiger partial charge in [-0.3, -0.25) is 24.5 Å². The van der Waals surface area contributed by atoms with Crippen LogP contribution in [0.1, 0.15) is 86.9 Å². The van der Waals surface area contributed by atoms with Crippen molar-refractivity contribution in [2.24, 2.45) is 0 Å². The van der Waals surface area contributed by atoms with E-state index in [0.717, 1.165) is 52.6 Å². The molecule has 0 bridgehead atoms. The summed E-state index contributed by atoms with van der Waals surface area (Å²) in [5, 5.41) is 17.4. The third-order valence-corrected chi connectivity index (χ3v) is 10.7. The van der Waals surface area contributed by atoms with Gasteiger partial charge in [-0.1, -0.05) is 94.3 Å². The van der Waals surface area contributed by atoms with Gasteiger partial charge in [-0.05, 0) is 95.9 Å². The molecule has 0 saturated heterocycles. The van der Waals surface area contributed by atoms with E-state index in [2.05, 4.69) is 79.5 Å². The number of aryl methyl sites for hydroxylation is 1. The van der Waals surface area contributed by atoms with E-state index in [1.807, 2.05) is 36.4 Å². The van der Waals surface area contributed by atoms with Crippen LogP contribution >= 0.6 is 23.6 Å². The zero-order valence-electron chi connectivity index (χ0n) is 37.6. The largest absolute Gasteiger partial charge is 2.00 e. The predicted molar refractivity (Wildman–Crippen MR) is 259 cm³/mol. The molecule has 0 aliphatic heterocycles. The Morgan fingerprint density at radius 1 is 0.696 bits per heavy atom. The van der Waals surface area contributed by atoms with Crippen LogP contribution in [0, 0.1) is 11.8 Å². The summed E-state index contributed by atoms with van der Waals surface area (Å²) in [6, 6.07) is 24.2. The Bertz CT molecular complexity index is 2810. The van der Waals surface area contributed by atoms with Gasteiger partial charge in [-0.25, -0.2) is 4.98 Å². The average Bonchev–Trinajstić information content (AvgIpc) is 4.04. The van der Waals surface area contributed by atoms with Crippen molar-refractivity contribution in [1.82, 2.24) is 30.1 Å². The van der Waals surface area contributed by atoms with E-state index in [1.54, 1.807) is 60.1 Å². The molecule has 0 unspecified atom stereocenters. The topological polar surface area (TPSA) is 163 Å². The van der Waals surface area contributed by atoms with Gasteiger partial charge < -0.3 is 29.8 Å². The Balaban J connectivity index is 0.000000290. The summed E-state index contributed by atoms with van der Waals surface area (Å²) >= 11 is 5.35. The van der Waals surface area contributed by atoms with E-state index in [4.69, 9.17) is 19.6 Å². The Hall–Kier alpha value is -6.76. The monoisotopic (exact) mass is 1060 g/mol. The summed E-state index contributed by atoms with van der Waals surface area (Å²) in [7, 11) is 0. The fraction of sp³-hybridized carbons (Fsp3) is 0.255. The summed E-state index contributed by atoms with van der Waals surface area (Å²) in [6.07, 6.45) is 10.7. The molecular formula is C51H46F3N7O5RuS2. The van der Waals surface area contributed by atoms with Crippen LogP contribution in [0.3, 0.4) is 0 Å². The number of rotatable bonds is 19. The van der Waals surface area contributed by atoms with Crippen molar-refractivity contribution in [2.75, 3.05) is 6.61 Å². The van der Waals surface area contributed by atoms with Crippen molar-refractivity contribution in [3.8, 4) is 74.4 Å². The number of isothiocyanates is 1. The number of aromatic nitrogens is 6. The molecule has 1 aromatic carbocycles.